The average Bonchev–Trinajstić information content (AvgIpc) is 2.92. The highest BCUT2D eigenvalue weighted by atomic mass is 32.1. The van der Waals surface area contributed by atoms with Gasteiger partial charge in [0, 0.05) is 31.6 Å². The predicted molar refractivity (Wildman–Crippen MR) is 86.4 cm³/mol. The van der Waals surface area contributed by atoms with E-state index >= 15 is 0 Å². The van der Waals surface area contributed by atoms with Crippen molar-refractivity contribution in [2.24, 2.45) is 0 Å². The maximum absolute atomic E-state index is 11.8. The third kappa shape index (κ3) is 3.34. The molecule has 0 saturated carbocycles. The van der Waals surface area contributed by atoms with E-state index in [4.69, 9.17) is 4.74 Å². The Hall–Kier alpha value is -2.05. The molecule has 0 atom stereocenters. The number of rotatable bonds is 4. The van der Waals surface area contributed by atoms with Crippen LogP contribution in [0.2, 0.25) is 0 Å². The van der Waals surface area contributed by atoms with Crippen LogP contribution >= 0.6 is 11.3 Å². The summed E-state index contributed by atoms with van der Waals surface area (Å²) in [5.41, 5.74) is 1.92. The molecule has 5 nitrogen and oxygen atoms in total. The fourth-order valence-corrected chi connectivity index (χ4v) is 2.79. The molecule has 1 fully saturated rings. The third-order valence-electron chi connectivity index (χ3n) is 3.43. The Labute approximate surface area is 127 Å². The first kappa shape index (κ1) is 13.9. The van der Waals surface area contributed by atoms with Gasteiger partial charge in [-0.25, -0.2) is 4.79 Å². The highest BCUT2D eigenvalue weighted by molar-refractivity contribution is 7.14. The molecule has 0 unspecified atom stereocenters. The van der Waals surface area contributed by atoms with Gasteiger partial charge in [-0.1, -0.05) is 0 Å². The molecule has 110 valence electrons. The summed E-state index contributed by atoms with van der Waals surface area (Å²) in [6, 6.07) is 11.4. The van der Waals surface area contributed by atoms with Crippen LogP contribution in [0.4, 0.5) is 21.2 Å². The molecule has 0 bridgehead atoms. The molecular formula is C15H17N3O2S. The summed E-state index contributed by atoms with van der Waals surface area (Å²) in [6.45, 7) is 1.84. The fraction of sp³-hybridized carbons (Fsp3) is 0.267. The number of ether oxygens (including phenoxy) is 1. The summed E-state index contributed by atoms with van der Waals surface area (Å²) in [4.78, 5) is 14.0. The molecule has 21 heavy (non-hydrogen) atoms. The molecule has 2 N–H and O–H groups in total. The molecule has 1 aliphatic rings. The Morgan fingerprint density at radius 1 is 1.24 bits per heavy atom. The number of hydrogen-bond donors (Lipinski definition) is 2. The van der Waals surface area contributed by atoms with Crippen LogP contribution in [0.5, 0.6) is 0 Å². The van der Waals surface area contributed by atoms with Gasteiger partial charge in [-0.05, 0) is 41.8 Å². The van der Waals surface area contributed by atoms with E-state index in [1.165, 1.54) is 11.3 Å². The number of methoxy groups -OCH3 is 1. The first-order valence-electron chi connectivity index (χ1n) is 6.74. The summed E-state index contributed by atoms with van der Waals surface area (Å²) in [6.07, 6.45) is 0.333. The molecule has 0 aliphatic carbocycles. The minimum atomic E-state index is -0.228. The van der Waals surface area contributed by atoms with Gasteiger partial charge in [-0.2, -0.15) is 0 Å². The van der Waals surface area contributed by atoms with E-state index in [0.29, 0.717) is 6.10 Å². The zero-order valence-electron chi connectivity index (χ0n) is 11.7. The van der Waals surface area contributed by atoms with Crippen LogP contribution in [0.15, 0.2) is 41.8 Å². The SMILES string of the molecule is COC1CN(c2ccc(NC(=O)Nc3cccs3)cc2)C1. The second-order valence-electron chi connectivity index (χ2n) is 4.87. The summed E-state index contributed by atoms with van der Waals surface area (Å²) < 4.78 is 5.26. The van der Waals surface area contributed by atoms with Gasteiger partial charge < -0.3 is 15.0 Å². The normalized spacial score (nSPS) is 14.6. The number of benzene rings is 1. The molecule has 2 heterocycles. The van der Waals surface area contributed by atoms with E-state index in [9.17, 15) is 4.79 Å². The Bertz CT molecular complexity index is 592. The predicted octanol–water partition coefficient (Wildman–Crippen LogP) is 3.23. The van der Waals surface area contributed by atoms with Crippen molar-refractivity contribution in [1.29, 1.82) is 0 Å². The van der Waals surface area contributed by atoms with Crippen molar-refractivity contribution in [1.82, 2.24) is 0 Å². The number of nitrogens with one attached hydrogen (secondary N) is 2. The molecule has 1 aliphatic heterocycles. The quantitative estimate of drug-likeness (QED) is 0.912. The lowest BCUT2D eigenvalue weighted by atomic mass is 10.1. The van der Waals surface area contributed by atoms with Crippen LogP contribution in [0.1, 0.15) is 0 Å². The van der Waals surface area contributed by atoms with E-state index in [2.05, 4.69) is 15.5 Å². The van der Waals surface area contributed by atoms with E-state index in [0.717, 1.165) is 29.5 Å². The number of urea groups is 1. The average molecular weight is 303 g/mol. The Morgan fingerprint density at radius 3 is 2.62 bits per heavy atom. The first-order chi connectivity index (χ1) is 10.2. The Kier molecular flexibility index (Phi) is 4.08. The molecule has 3 rings (SSSR count). The molecule has 2 amide bonds. The first-order valence-corrected chi connectivity index (χ1v) is 7.62. The number of hydrogen-bond acceptors (Lipinski definition) is 4. The van der Waals surface area contributed by atoms with Crippen molar-refractivity contribution >= 4 is 33.7 Å². The highest BCUT2D eigenvalue weighted by Crippen LogP contribution is 2.24. The fourth-order valence-electron chi connectivity index (χ4n) is 2.18. The Balaban J connectivity index is 1.53. The van der Waals surface area contributed by atoms with Crippen LogP contribution in [-0.4, -0.2) is 32.3 Å². The zero-order valence-corrected chi connectivity index (χ0v) is 12.5. The summed E-state index contributed by atoms with van der Waals surface area (Å²) in [5.74, 6) is 0. The molecule has 1 saturated heterocycles. The van der Waals surface area contributed by atoms with Crippen molar-refractivity contribution < 1.29 is 9.53 Å². The van der Waals surface area contributed by atoms with Gasteiger partial charge in [0.1, 0.15) is 0 Å². The van der Waals surface area contributed by atoms with Gasteiger partial charge in [0.15, 0.2) is 0 Å². The van der Waals surface area contributed by atoms with Crippen LogP contribution in [-0.2, 0) is 4.74 Å². The molecule has 0 radical (unpaired) electrons. The molecule has 6 heteroatoms. The summed E-state index contributed by atoms with van der Waals surface area (Å²) >= 11 is 1.49. The smallest absolute Gasteiger partial charge is 0.324 e. The van der Waals surface area contributed by atoms with Gasteiger partial charge in [0.05, 0.1) is 11.1 Å². The molecule has 0 spiro atoms. The molecule has 1 aromatic carbocycles. The van der Waals surface area contributed by atoms with Crippen molar-refractivity contribution in [2.75, 3.05) is 35.7 Å². The second-order valence-corrected chi connectivity index (χ2v) is 5.81. The molecule has 2 aromatic rings. The maximum Gasteiger partial charge on any atom is 0.324 e. The van der Waals surface area contributed by atoms with Crippen LogP contribution in [0, 0.1) is 0 Å². The second kappa shape index (κ2) is 6.15. The van der Waals surface area contributed by atoms with Crippen LogP contribution in [0.3, 0.4) is 0 Å². The van der Waals surface area contributed by atoms with Gasteiger partial charge in [0.2, 0.25) is 0 Å². The van der Waals surface area contributed by atoms with Crippen LogP contribution in [0.25, 0.3) is 0 Å². The zero-order chi connectivity index (χ0) is 14.7. The number of amides is 2. The lowest BCUT2D eigenvalue weighted by Gasteiger charge is -2.40. The number of carbonyl (C=O) groups is 1. The lowest BCUT2D eigenvalue weighted by molar-refractivity contribution is 0.0788. The minimum Gasteiger partial charge on any atom is -0.378 e. The largest absolute Gasteiger partial charge is 0.378 e. The standard InChI is InChI=1S/C15H17N3O2S/c1-20-13-9-18(10-13)12-6-4-11(5-7-12)16-15(19)17-14-3-2-8-21-14/h2-8,13H,9-10H2,1H3,(H2,16,17,19). The van der Waals surface area contributed by atoms with Crippen molar-refractivity contribution in [3.8, 4) is 0 Å². The van der Waals surface area contributed by atoms with Crippen molar-refractivity contribution in [3.63, 3.8) is 0 Å². The maximum atomic E-state index is 11.8. The van der Waals surface area contributed by atoms with Crippen LogP contribution < -0.4 is 15.5 Å². The van der Waals surface area contributed by atoms with E-state index in [1.807, 2.05) is 41.8 Å². The van der Waals surface area contributed by atoms with Gasteiger partial charge in [0.25, 0.3) is 0 Å². The van der Waals surface area contributed by atoms with E-state index in [1.54, 1.807) is 7.11 Å². The highest BCUT2D eigenvalue weighted by Gasteiger charge is 2.26. The number of thiophene rings is 1. The number of anilines is 3. The molecule has 1 aromatic heterocycles. The Morgan fingerprint density at radius 2 is 2.00 bits per heavy atom. The van der Waals surface area contributed by atoms with Crippen molar-refractivity contribution in [2.45, 2.75) is 6.10 Å². The third-order valence-corrected chi connectivity index (χ3v) is 4.21. The van der Waals surface area contributed by atoms with Gasteiger partial charge in [-0.3, -0.25) is 5.32 Å². The van der Waals surface area contributed by atoms with Gasteiger partial charge in [-0.15, -0.1) is 11.3 Å². The number of carbonyl (C=O) groups excluding carboxylic acids is 1. The van der Waals surface area contributed by atoms with Gasteiger partial charge >= 0.3 is 6.03 Å². The topological polar surface area (TPSA) is 53.6 Å². The molecular weight excluding hydrogens is 286 g/mol. The van der Waals surface area contributed by atoms with Crippen molar-refractivity contribution in [3.05, 3.63) is 41.8 Å². The van der Waals surface area contributed by atoms with E-state index in [-0.39, 0.29) is 6.03 Å². The summed E-state index contributed by atoms with van der Waals surface area (Å²) in [5, 5.41) is 8.35. The monoisotopic (exact) mass is 303 g/mol. The lowest BCUT2D eigenvalue weighted by Crippen LogP contribution is -2.51. The minimum absolute atomic E-state index is 0.228. The summed E-state index contributed by atoms with van der Waals surface area (Å²) in [7, 11) is 1.74. The van der Waals surface area contributed by atoms with E-state index < -0.39 is 0 Å². The number of nitrogens with zero attached hydrogens (tertiary/aromatic N) is 1.